The maximum absolute atomic E-state index is 13.1. The molecule has 5 nitrogen and oxygen atoms in total. The van der Waals surface area contributed by atoms with Crippen molar-refractivity contribution in [1.29, 1.82) is 0 Å². The molecular weight excluding hydrogens is 417 g/mol. The molecule has 3 heterocycles. The largest absolute Gasteiger partial charge is 0.493 e. The number of piperazine rings is 1. The number of piperidine rings is 2. The molecule has 3 fully saturated rings. The Balaban J connectivity index is 1.09. The number of anilines is 1. The van der Waals surface area contributed by atoms with E-state index < -0.39 is 0 Å². The maximum Gasteiger partial charge on any atom is 0.253 e. The van der Waals surface area contributed by atoms with Crippen molar-refractivity contribution in [2.75, 3.05) is 50.8 Å². The standard InChI is InChI=1S/C27H34FN3O2/c28-23-7-5-22(6-8-23)27(32)30-17-15-29(16-18-30)25-10-12-26(13-11-25)33-20-21-4-9-24-3-1-2-14-31(24)19-21/h5-8,10-13,21,24H,1-4,9,14-20H2. The summed E-state index contributed by atoms with van der Waals surface area (Å²) in [5.74, 6) is 1.21. The summed E-state index contributed by atoms with van der Waals surface area (Å²) in [5.41, 5.74) is 1.70. The monoisotopic (exact) mass is 451 g/mol. The Morgan fingerprint density at radius 2 is 1.64 bits per heavy atom. The van der Waals surface area contributed by atoms with Gasteiger partial charge in [0, 0.05) is 55.9 Å². The summed E-state index contributed by atoms with van der Waals surface area (Å²) >= 11 is 0. The van der Waals surface area contributed by atoms with E-state index in [1.165, 1.54) is 57.3 Å². The number of nitrogens with zero attached hydrogens (tertiary/aromatic N) is 3. The first-order valence-corrected chi connectivity index (χ1v) is 12.4. The van der Waals surface area contributed by atoms with Gasteiger partial charge in [0.15, 0.2) is 0 Å². The third kappa shape index (κ3) is 5.32. The Hall–Kier alpha value is -2.60. The Morgan fingerprint density at radius 1 is 0.879 bits per heavy atom. The average molecular weight is 452 g/mol. The van der Waals surface area contributed by atoms with Crippen LogP contribution in [0.3, 0.4) is 0 Å². The van der Waals surface area contributed by atoms with Crippen LogP contribution in [-0.4, -0.2) is 67.6 Å². The molecule has 6 heteroatoms. The third-order valence-electron chi connectivity index (χ3n) is 7.50. The van der Waals surface area contributed by atoms with Crippen LogP contribution >= 0.6 is 0 Å². The maximum atomic E-state index is 13.1. The van der Waals surface area contributed by atoms with Crippen LogP contribution in [0.2, 0.25) is 0 Å². The van der Waals surface area contributed by atoms with Crippen LogP contribution < -0.4 is 9.64 Å². The van der Waals surface area contributed by atoms with Crippen molar-refractivity contribution in [3.8, 4) is 5.75 Å². The topological polar surface area (TPSA) is 36.0 Å². The Bertz CT molecular complexity index is 925. The predicted molar refractivity (Wildman–Crippen MR) is 128 cm³/mol. The summed E-state index contributed by atoms with van der Waals surface area (Å²) < 4.78 is 19.3. The molecule has 3 saturated heterocycles. The molecule has 0 spiro atoms. The normalized spacial score (nSPS) is 23.8. The van der Waals surface area contributed by atoms with E-state index in [9.17, 15) is 9.18 Å². The van der Waals surface area contributed by atoms with Gasteiger partial charge in [0.2, 0.25) is 0 Å². The number of hydrogen-bond acceptors (Lipinski definition) is 4. The molecule has 3 aliphatic heterocycles. The highest BCUT2D eigenvalue weighted by atomic mass is 19.1. The number of carbonyl (C=O) groups excluding carboxylic acids is 1. The summed E-state index contributed by atoms with van der Waals surface area (Å²) in [7, 11) is 0. The molecule has 176 valence electrons. The van der Waals surface area contributed by atoms with Crippen molar-refractivity contribution in [3.05, 3.63) is 59.9 Å². The van der Waals surface area contributed by atoms with Crippen LogP contribution in [0, 0.1) is 11.7 Å². The molecule has 33 heavy (non-hydrogen) atoms. The third-order valence-corrected chi connectivity index (χ3v) is 7.50. The lowest BCUT2D eigenvalue weighted by atomic mass is 9.88. The Morgan fingerprint density at radius 3 is 2.39 bits per heavy atom. The Labute approximate surface area is 196 Å². The highest BCUT2D eigenvalue weighted by Gasteiger charge is 2.30. The van der Waals surface area contributed by atoms with Gasteiger partial charge in [-0.15, -0.1) is 0 Å². The zero-order chi connectivity index (χ0) is 22.6. The summed E-state index contributed by atoms with van der Waals surface area (Å²) in [6.07, 6.45) is 6.72. The molecule has 0 aliphatic carbocycles. The number of halogens is 1. The molecule has 0 saturated carbocycles. The second-order valence-corrected chi connectivity index (χ2v) is 9.68. The summed E-state index contributed by atoms with van der Waals surface area (Å²) in [6.45, 7) is 6.13. The van der Waals surface area contributed by atoms with E-state index in [-0.39, 0.29) is 11.7 Å². The quantitative estimate of drug-likeness (QED) is 0.674. The number of fused-ring (bicyclic) bond motifs is 1. The number of hydrogen-bond donors (Lipinski definition) is 0. The van der Waals surface area contributed by atoms with Gasteiger partial charge in [-0.05, 0) is 80.8 Å². The van der Waals surface area contributed by atoms with Crippen molar-refractivity contribution in [1.82, 2.24) is 9.80 Å². The molecule has 2 unspecified atom stereocenters. The van der Waals surface area contributed by atoms with E-state index in [0.717, 1.165) is 37.2 Å². The van der Waals surface area contributed by atoms with Crippen molar-refractivity contribution in [2.24, 2.45) is 5.92 Å². The van der Waals surface area contributed by atoms with Crippen molar-refractivity contribution >= 4 is 11.6 Å². The minimum Gasteiger partial charge on any atom is -0.493 e. The van der Waals surface area contributed by atoms with Crippen LogP contribution in [0.5, 0.6) is 5.75 Å². The molecule has 0 N–H and O–H groups in total. The molecule has 0 aromatic heterocycles. The summed E-state index contributed by atoms with van der Waals surface area (Å²) in [5, 5.41) is 0. The summed E-state index contributed by atoms with van der Waals surface area (Å²) in [4.78, 5) is 19.5. The molecule has 0 radical (unpaired) electrons. The minimum atomic E-state index is -0.321. The van der Waals surface area contributed by atoms with Gasteiger partial charge in [0.1, 0.15) is 11.6 Å². The lowest BCUT2D eigenvalue weighted by Gasteiger charge is -2.42. The van der Waals surface area contributed by atoms with Gasteiger partial charge in [0.25, 0.3) is 5.91 Å². The molecule has 2 aromatic rings. The summed E-state index contributed by atoms with van der Waals surface area (Å²) in [6, 6.07) is 15.0. The van der Waals surface area contributed by atoms with Crippen LogP contribution in [0.1, 0.15) is 42.5 Å². The number of carbonyl (C=O) groups is 1. The molecule has 0 bridgehead atoms. The van der Waals surface area contributed by atoms with Crippen LogP contribution in [0.15, 0.2) is 48.5 Å². The van der Waals surface area contributed by atoms with Gasteiger partial charge in [-0.3, -0.25) is 9.69 Å². The molecule has 5 rings (SSSR count). The number of amides is 1. The van der Waals surface area contributed by atoms with E-state index >= 15 is 0 Å². The second-order valence-electron chi connectivity index (χ2n) is 9.68. The molecular formula is C27H34FN3O2. The number of ether oxygens (including phenoxy) is 1. The van der Waals surface area contributed by atoms with Crippen LogP contribution in [0.25, 0.3) is 0 Å². The fraction of sp³-hybridized carbons (Fsp3) is 0.519. The lowest BCUT2D eigenvalue weighted by molar-refractivity contribution is 0.0565. The fourth-order valence-electron chi connectivity index (χ4n) is 5.52. The number of benzene rings is 2. The lowest BCUT2D eigenvalue weighted by Crippen LogP contribution is -2.48. The first kappa shape index (κ1) is 22.2. The van der Waals surface area contributed by atoms with Crippen LogP contribution in [-0.2, 0) is 0 Å². The van der Waals surface area contributed by atoms with Gasteiger partial charge < -0.3 is 14.5 Å². The first-order valence-electron chi connectivity index (χ1n) is 12.4. The van der Waals surface area contributed by atoms with Crippen molar-refractivity contribution in [3.63, 3.8) is 0 Å². The van der Waals surface area contributed by atoms with E-state index in [1.807, 2.05) is 4.90 Å². The smallest absolute Gasteiger partial charge is 0.253 e. The number of rotatable bonds is 5. The highest BCUT2D eigenvalue weighted by molar-refractivity contribution is 5.94. The molecule has 2 aromatic carbocycles. The van der Waals surface area contributed by atoms with Crippen LogP contribution in [0.4, 0.5) is 10.1 Å². The molecule has 3 aliphatic rings. The predicted octanol–water partition coefficient (Wildman–Crippen LogP) is 4.43. The highest BCUT2D eigenvalue weighted by Crippen LogP contribution is 2.29. The average Bonchev–Trinajstić information content (AvgIpc) is 2.88. The van der Waals surface area contributed by atoms with Gasteiger partial charge in [-0.25, -0.2) is 4.39 Å². The SMILES string of the molecule is O=C(c1ccc(F)cc1)N1CCN(c2ccc(OCC3CCC4CCCCN4C3)cc2)CC1. The molecule has 1 amide bonds. The van der Waals surface area contributed by atoms with E-state index in [1.54, 1.807) is 12.1 Å². The zero-order valence-corrected chi connectivity index (χ0v) is 19.3. The van der Waals surface area contributed by atoms with Crippen molar-refractivity contribution in [2.45, 2.75) is 38.1 Å². The van der Waals surface area contributed by atoms with Gasteiger partial charge in [-0.1, -0.05) is 6.42 Å². The van der Waals surface area contributed by atoms with Gasteiger partial charge in [0.05, 0.1) is 6.61 Å². The minimum absolute atomic E-state index is 0.0306. The van der Waals surface area contributed by atoms with E-state index in [2.05, 4.69) is 34.1 Å². The van der Waals surface area contributed by atoms with E-state index in [0.29, 0.717) is 24.6 Å². The van der Waals surface area contributed by atoms with Crippen molar-refractivity contribution < 1.29 is 13.9 Å². The van der Waals surface area contributed by atoms with E-state index in [4.69, 9.17) is 4.74 Å². The first-order chi connectivity index (χ1) is 16.2. The Kier molecular flexibility index (Phi) is 6.81. The van der Waals surface area contributed by atoms with Gasteiger partial charge in [-0.2, -0.15) is 0 Å². The zero-order valence-electron chi connectivity index (χ0n) is 19.3. The fourth-order valence-corrected chi connectivity index (χ4v) is 5.52. The molecule has 2 atom stereocenters. The van der Waals surface area contributed by atoms with Gasteiger partial charge >= 0.3 is 0 Å². The second kappa shape index (κ2) is 10.1.